The number of unbranched alkanes of at least 4 members (excludes halogenated alkanes) is 22. The van der Waals surface area contributed by atoms with Crippen molar-refractivity contribution < 1.29 is 47.8 Å². The Labute approximate surface area is 364 Å². The first-order valence-electron chi connectivity index (χ1n) is 23.7. The number of rotatable bonds is 44. The molecule has 3 unspecified atom stereocenters. The lowest BCUT2D eigenvalue weighted by Crippen LogP contribution is -2.43. The van der Waals surface area contributed by atoms with Gasteiger partial charge in [0.15, 0.2) is 6.04 Å². The molecule has 60 heavy (non-hydrogen) atoms. The fraction of sp³-hybridized carbons (Fsp3) is 0.771. The van der Waals surface area contributed by atoms with E-state index in [-0.39, 0.29) is 12.8 Å². The molecule has 1 amide bonds. The summed E-state index contributed by atoms with van der Waals surface area (Å²) in [5, 5.41) is 21.9. The normalized spacial score (nSPS) is 14.1. The van der Waals surface area contributed by atoms with Gasteiger partial charge < -0.3 is 25.2 Å². The van der Waals surface area contributed by atoms with Crippen LogP contribution in [0.5, 0.6) is 0 Å². The molecule has 0 aliphatic heterocycles. The molecule has 0 radical (unpaired) electrons. The van der Waals surface area contributed by atoms with Gasteiger partial charge in [-0.2, -0.15) is 0 Å². The van der Waals surface area contributed by atoms with Crippen molar-refractivity contribution in [2.24, 2.45) is 0 Å². The van der Waals surface area contributed by atoms with Crippen LogP contribution in [-0.4, -0.2) is 64.9 Å². The Morgan fingerprint density at radius 3 is 1.40 bits per heavy atom. The van der Waals surface area contributed by atoms with E-state index in [2.05, 4.69) is 67.8 Å². The number of hydrogen-bond acceptors (Lipinski definition) is 8. The van der Waals surface area contributed by atoms with Gasteiger partial charge >= 0.3 is 19.8 Å². The van der Waals surface area contributed by atoms with Crippen LogP contribution in [0.1, 0.15) is 206 Å². The van der Waals surface area contributed by atoms with Crippen LogP contribution in [0.2, 0.25) is 0 Å². The monoisotopic (exact) mass is 868 g/mol. The van der Waals surface area contributed by atoms with Crippen LogP contribution in [0.15, 0.2) is 48.6 Å². The van der Waals surface area contributed by atoms with Gasteiger partial charge in [0.2, 0.25) is 5.91 Å². The summed E-state index contributed by atoms with van der Waals surface area (Å²) in [6.07, 6.45) is 48.4. The quantitative estimate of drug-likeness (QED) is 0.0200. The van der Waals surface area contributed by atoms with Gasteiger partial charge in [0, 0.05) is 12.8 Å². The fourth-order valence-corrected chi connectivity index (χ4v) is 7.19. The summed E-state index contributed by atoms with van der Waals surface area (Å²) in [7, 11) is -4.76. The Hall–Kier alpha value is -2.56. The number of carboxylic acid groups (broad SMARTS) is 1. The first kappa shape index (κ1) is 57.4. The maximum Gasteiger partial charge on any atom is 0.472 e. The van der Waals surface area contributed by atoms with Crippen molar-refractivity contribution in [2.75, 3.05) is 19.8 Å². The predicted octanol–water partition coefficient (Wildman–Crippen LogP) is 12.6. The molecular weight excluding hydrogens is 781 g/mol. The maximum atomic E-state index is 12.3. The van der Waals surface area contributed by atoms with Crippen LogP contribution in [0.25, 0.3) is 0 Å². The molecule has 4 N–H and O–H groups in total. The van der Waals surface area contributed by atoms with Crippen molar-refractivity contribution in [2.45, 2.75) is 219 Å². The predicted molar refractivity (Wildman–Crippen MR) is 245 cm³/mol. The molecule has 0 aliphatic rings. The molecule has 0 spiro atoms. The molecule has 0 rings (SSSR count). The molecule has 0 saturated carbocycles. The zero-order chi connectivity index (χ0) is 44.2. The maximum absolute atomic E-state index is 12.3. The number of nitrogens with one attached hydrogen (secondary N) is 1. The van der Waals surface area contributed by atoms with Gasteiger partial charge in [0.25, 0.3) is 0 Å². The van der Waals surface area contributed by atoms with Crippen molar-refractivity contribution >= 4 is 25.7 Å². The first-order valence-corrected chi connectivity index (χ1v) is 25.2. The number of aliphatic carboxylic acids is 1. The largest absolute Gasteiger partial charge is 0.480 e. The number of phosphoric acid groups is 1. The van der Waals surface area contributed by atoms with Crippen molar-refractivity contribution in [1.29, 1.82) is 0 Å². The van der Waals surface area contributed by atoms with Gasteiger partial charge in [0.1, 0.15) is 12.7 Å². The number of hydrogen-bond donors (Lipinski definition) is 4. The summed E-state index contributed by atoms with van der Waals surface area (Å²) >= 11 is 0. The second-order valence-electron chi connectivity index (χ2n) is 15.9. The highest BCUT2D eigenvalue weighted by atomic mass is 31.2. The summed E-state index contributed by atoms with van der Waals surface area (Å²) < 4.78 is 26.9. The SMILES string of the molecule is CCCCC/C=C\C/C=C\C/C=C\C/C=C\CCCCCCCCCC(=O)NC(COP(=O)(O)OCC(O)COC(=O)CCCCCCCCCCCCCCC)C(=O)O. The van der Waals surface area contributed by atoms with E-state index in [1.807, 2.05) is 0 Å². The van der Waals surface area contributed by atoms with Crippen LogP contribution in [-0.2, 0) is 32.7 Å². The highest BCUT2D eigenvalue weighted by molar-refractivity contribution is 7.47. The fourth-order valence-electron chi connectivity index (χ4n) is 6.42. The number of phosphoric ester groups is 1. The summed E-state index contributed by atoms with van der Waals surface area (Å²) in [6, 6.07) is -1.55. The van der Waals surface area contributed by atoms with E-state index in [1.54, 1.807) is 0 Å². The highest BCUT2D eigenvalue weighted by Gasteiger charge is 2.28. The average Bonchev–Trinajstić information content (AvgIpc) is 3.22. The molecule has 0 aliphatic carbocycles. The molecule has 0 fully saturated rings. The Kier molecular flexibility index (Phi) is 41.3. The lowest BCUT2D eigenvalue weighted by Gasteiger charge is -2.18. The smallest absolute Gasteiger partial charge is 0.472 e. The van der Waals surface area contributed by atoms with Crippen molar-refractivity contribution in [3.8, 4) is 0 Å². The van der Waals surface area contributed by atoms with E-state index in [4.69, 9.17) is 13.8 Å². The van der Waals surface area contributed by atoms with Gasteiger partial charge in [-0.25, -0.2) is 9.36 Å². The lowest BCUT2D eigenvalue weighted by molar-refractivity contribution is -0.147. The van der Waals surface area contributed by atoms with Crippen LogP contribution in [0, 0.1) is 0 Å². The number of carboxylic acids is 1. The minimum atomic E-state index is -4.76. The average molecular weight is 868 g/mol. The van der Waals surface area contributed by atoms with E-state index in [0.717, 1.165) is 83.5 Å². The van der Waals surface area contributed by atoms with Crippen molar-refractivity contribution in [1.82, 2.24) is 5.32 Å². The number of esters is 1. The number of aliphatic hydroxyl groups excluding tert-OH is 1. The molecule has 0 saturated heterocycles. The van der Waals surface area contributed by atoms with E-state index >= 15 is 0 Å². The minimum Gasteiger partial charge on any atom is -0.480 e. The van der Waals surface area contributed by atoms with Gasteiger partial charge in [-0.1, -0.05) is 184 Å². The van der Waals surface area contributed by atoms with E-state index in [0.29, 0.717) is 12.8 Å². The summed E-state index contributed by atoms with van der Waals surface area (Å²) in [4.78, 5) is 46.0. The van der Waals surface area contributed by atoms with E-state index in [1.165, 1.54) is 83.5 Å². The topological polar surface area (TPSA) is 169 Å². The molecule has 348 valence electrons. The number of allylic oxidation sites excluding steroid dienone is 8. The molecule has 0 aromatic rings. The second kappa shape index (κ2) is 43.1. The van der Waals surface area contributed by atoms with Gasteiger partial charge in [-0.15, -0.1) is 0 Å². The van der Waals surface area contributed by atoms with Gasteiger partial charge in [-0.3, -0.25) is 18.6 Å². The summed E-state index contributed by atoms with van der Waals surface area (Å²) in [6.45, 7) is 2.57. The Balaban J connectivity index is 3.90. The van der Waals surface area contributed by atoms with E-state index in [9.17, 15) is 34.1 Å². The molecule has 0 aromatic heterocycles. The highest BCUT2D eigenvalue weighted by Crippen LogP contribution is 2.43. The first-order chi connectivity index (χ1) is 29.1. The zero-order valence-corrected chi connectivity index (χ0v) is 38.6. The van der Waals surface area contributed by atoms with Crippen LogP contribution in [0.3, 0.4) is 0 Å². The number of amides is 1. The summed E-state index contributed by atoms with van der Waals surface area (Å²) in [5.41, 5.74) is 0. The zero-order valence-electron chi connectivity index (χ0n) is 37.8. The number of carbonyl (C=O) groups is 3. The molecular formula is C48H86NO10P. The molecule has 11 nitrogen and oxygen atoms in total. The van der Waals surface area contributed by atoms with E-state index < -0.39 is 57.6 Å². The molecule has 0 bridgehead atoms. The van der Waals surface area contributed by atoms with Crippen LogP contribution in [0.4, 0.5) is 0 Å². The third-order valence-corrected chi connectivity index (χ3v) is 11.1. The lowest BCUT2D eigenvalue weighted by atomic mass is 10.0. The molecule has 0 heterocycles. The number of ether oxygens (including phenoxy) is 1. The molecule has 12 heteroatoms. The Bertz CT molecular complexity index is 1200. The van der Waals surface area contributed by atoms with Gasteiger partial charge in [0.05, 0.1) is 13.2 Å². The Morgan fingerprint density at radius 2 is 0.917 bits per heavy atom. The minimum absolute atomic E-state index is 0.132. The standard InChI is InChI=1S/C48H86NO10P/c1-3-5-7-9-11-13-15-17-18-19-20-21-22-23-24-25-26-28-29-31-33-35-37-39-46(51)49-45(48(53)54)43-59-60(55,56)58-42-44(50)41-57-47(52)40-38-36-34-32-30-27-16-14-12-10-8-6-4-2/h11,13,17-18,20-21,23-24,44-45,50H,3-10,12,14-16,19,22,25-43H2,1-2H3,(H,49,51)(H,53,54)(H,55,56)/b13-11-,18-17-,21-20-,24-23-. The number of aliphatic hydroxyl groups is 1. The molecule has 3 atom stereocenters. The Morgan fingerprint density at radius 1 is 0.533 bits per heavy atom. The molecule has 0 aromatic carbocycles. The van der Waals surface area contributed by atoms with Crippen LogP contribution < -0.4 is 5.32 Å². The number of carbonyl (C=O) groups excluding carboxylic acids is 2. The third-order valence-electron chi connectivity index (χ3n) is 10.1. The van der Waals surface area contributed by atoms with Gasteiger partial charge in [-0.05, 0) is 57.8 Å². The van der Waals surface area contributed by atoms with Crippen molar-refractivity contribution in [3.05, 3.63) is 48.6 Å². The second-order valence-corrected chi connectivity index (χ2v) is 17.4. The van der Waals surface area contributed by atoms with Crippen LogP contribution >= 0.6 is 7.82 Å². The van der Waals surface area contributed by atoms with Crippen molar-refractivity contribution in [3.63, 3.8) is 0 Å². The third kappa shape index (κ3) is 42.1. The summed E-state index contributed by atoms with van der Waals surface area (Å²) in [5.74, 6) is -2.38.